The van der Waals surface area contributed by atoms with E-state index in [-0.39, 0.29) is 5.91 Å². The number of rotatable bonds is 1. The molecule has 1 aromatic heterocycles. The van der Waals surface area contributed by atoms with Gasteiger partial charge in [-0.15, -0.1) is 0 Å². The molecule has 2 atom stereocenters. The van der Waals surface area contributed by atoms with Gasteiger partial charge in [0.05, 0.1) is 5.02 Å². The van der Waals surface area contributed by atoms with Gasteiger partial charge < -0.3 is 15.2 Å². The van der Waals surface area contributed by atoms with E-state index in [0.717, 1.165) is 19.6 Å². The zero-order valence-electron chi connectivity index (χ0n) is 9.58. The quantitative estimate of drug-likeness (QED) is 0.797. The number of H-pyrrole nitrogens is 1. The highest BCUT2D eigenvalue weighted by atomic mass is 35.5. The summed E-state index contributed by atoms with van der Waals surface area (Å²) in [6.45, 7) is 2.77. The third kappa shape index (κ3) is 2.07. The summed E-state index contributed by atoms with van der Waals surface area (Å²) in [6, 6.07) is 2.18. The van der Waals surface area contributed by atoms with Crippen molar-refractivity contribution in [1.82, 2.24) is 15.2 Å². The van der Waals surface area contributed by atoms with Crippen LogP contribution >= 0.6 is 11.6 Å². The number of carbonyl (C=O) groups excluding carboxylic acids is 1. The molecule has 5 heteroatoms. The van der Waals surface area contributed by atoms with Crippen molar-refractivity contribution in [3.05, 3.63) is 23.0 Å². The highest BCUT2D eigenvalue weighted by molar-refractivity contribution is 6.30. The summed E-state index contributed by atoms with van der Waals surface area (Å²) in [5, 5.41) is 4.08. The first kappa shape index (κ1) is 11.1. The molecule has 0 aliphatic carbocycles. The van der Waals surface area contributed by atoms with Gasteiger partial charge in [-0.2, -0.15) is 0 Å². The number of halogens is 1. The number of carbonyl (C=O) groups is 1. The highest BCUT2D eigenvalue weighted by Gasteiger charge is 2.36. The Kier molecular flexibility index (Phi) is 2.84. The summed E-state index contributed by atoms with van der Waals surface area (Å²) in [7, 11) is 0. The molecule has 0 saturated carbocycles. The average Bonchev–Trinajstić information content (AvgIpc) is 2.93. The minimum atomic E-state index is 0.0631. The first-order valence-electron chi connectivity index (χ1n) is 6.10. The first-order valence-corrected chi connectivity index (χ1v) is 6.48. The topological polar surface area (TPSA) is 48.1 Å². The van der Waals surface area contributed by atoms with Crippen molar-refractivity contribution in [3.8, 4) is 0 Å². The number of fused-ring (bicyclic) bond motifs is 1. The fourth-order valence-corrected chi connectivity index (χ4v) is 3.04. The summed E-state index contributed by atoms with van der Waals surface area (Å²) in [4.78, 5) is 17.1. The molecule has 4 nitrogen and oxygen atoms in total. The number of amides is 1. The second-order valence-electron chi connectivity index (χ2n) is 4.90. The van der Waals surface area contributed by atoms with Gasteiger partial charge in [0.15, 0.2) is 0 Å². The largest absolute Gasteiger partial charge is 0.356 e. The van der Waals surface area contributed by atoms with Crippen molar-refractivity contribution in [2.45, 2.75) is 18.9 Å². The van der Waals surface area contributed by atoms with Crippen molar-refractivity contribution in [1.29, 1.82) is 0 Å². The molecule has 0 radical (unpaired) electrons. The van der Waals surface area contributed by atoms with Gasteiger partial charge in [-0.3, -0.25) is 4.79 Å². The Hall–Kier alpha value is -1.00. The van der Waals surface area contributed by atoms with Crippen LogP contribution in [0.5, 0.6) is 0 Å². The van der Waals surface area contributed by atoms with Gasteiger partial charge in [0.1, 0.15) is 5.69 Å². The highest BCUT2D eigenvalue weighted by Crippen LogP contribution is 2.26. The summed E-state index contributed by atoms with van der Waals surface area (Å²) >= 11 is 5.82. The van der Waals surface area contributed by atoms with Gasteiger partial charge in [-0.05, 0) is 31.4 Å². The molecular formula is C12H16ClN3O. The van der Waals surface area contributed by atoms with E-state index in [1.807, 2.05) is 4.90 Å². The fourth-order valence-electron chi connectivity index (χ4n) is 2.87. The van der Waals surface area contributed by atoms with E-state index in [4.69, 9.17) is 11.6 Å². The van der Waals surface area contributed by atoms with Crippen LogP contribution in [0.2, 0.25) is 5.02 Å². The lowest BCUT2D eigenvalue weighted by Gasteiger charge is -2.24. The van der Waals surface area contributed by atoms with E-state index < -0.39 is 0 Å². The number of aromatic nitrogens is 1. The van der Waals surface area contributed by atoms with E-state index in [9.17, 15) is 4.79 Å². The van der Waals surface area contributed by atoms with Crippen molar-refractivity contribution < 1.29 is 4.79 Å². The monoisotopic (exact) mass is 253 g/mol. The normalized spacial score (nSPS) is 28.2. The Bertz CT molecular complexity index is 417. The Morgan fingerprint density at radius 2 is 2.35 bits per heavy atom. The molecule has 1 amide bonds. The number of nitrogens with one attached hydrogen (secondary N) is 2. The smallest absolute Gasteiger partial charge is 0.270 e. The van der Waals surface area contributed by atoms with Gasteiger partial charge in [-0.1, -0.05) is 11.6 Å². The average molecular weight is 254 g/mol. The molecule has 2 saturated heterocycles. The van der Waals surface area contributed by atoms with Crippen LogP contribution in [0.1, 0.15) is 23.3 Å². The summed E-state index contributed by atoms with van der Waals surface area (Å²) < 4.78 is 0. The number of hydrogen-bond donors (Lipinski definition) is 2. The van der Waals surface area contributed by atoms with Crippen LogP contribution in [0.15, 0.2) is 12.3 Å². The molecule has 92 valence electrons. The minimum absolute atomic E-state index is 0.0631. The van der Waals surface area contributed by atoms with Gasteiger partial charge >= 0.3 is 0 Å². The summed E-state index contributed by atoms with van der Waals surface area (Å²) in [5.74, 6) is 0.686. The Morgan fingerprint density at radius 3 is 3.06 bits per heavy atom. The van der Waals surface area contributed by atoms with E-state index >= 15 is 0 Å². The van der Waals surface area contributed by atoms with E-state index in [2.05, 4.69) is 10.3 Å². The lowest BCUT2D eigenvalue weighted by atomic mass is 9.94. The molecule has 3 heterocycles. The van der Waals surface area contributed by atoms with Crippen molar-refractivity contribution in [3.63, 3.8) is 0 Å². The maximum absolute atomic E-state index is 12.2. The Balaban J connectivity index is 1.71. The van der Waals surface area contributed by atoms with Gasteiger partial charge in [0.2, 0.25) is 0 Å². The second kappa shape index (κ2) is 4.35. The predicted octanol–water partition coefficient (Wildman–Crippen LogP) is 1.49. The van der Waals surface area contributed by atoms with Gasteiger partial charge in [0.25, 0.3) is 5.91 Å². The van der Waals surface area contributed by atoms with Crippen LogP contribution in [0.4, 0.5) is 0 Å². The van der Waals surface area contributed by atoms with E-state index in [1.54, 1.807) is 12.3 Å². The van der Waals surface area contributed by atoms with Crippen LogP contribution < -0.4 is 5.32 Å². The molecule has 0 bridgehead atoms. The Morgan fingerprint density at radius 1 is 1.47 bits per heavy atom. The first-order chi connectivity index (χ1) is 8.24. The zero-order valence-corrected chi connectivity index (χ0v) is 10.3. The lowest BCUT2D eigenvalue weighted by Crippen LogP contribution is -2.41. The maximum Gasteiger partial charge on any atom is 0.270 e. The maximum atomic E-state index is 12.2. The second-order valence-corrected chi connectivity index (χ2v) is 5.34. The van der Waals surface area contributed by atoms with Crippen LogP contribution in [0.3, 0.4) is 0 Å². The molecule has 1 aromatic rings. The molecule has 2 N–H and O–H groups in total. The van der Waals surface area contributed by atoms with Crippen LogP contribution in [-0.2, 0) is 0 Å². The van der Waals surface area contributed by atoms with Crippen molar-refractivity contribution in [2.24, 2.45) is 5.92 Å². The molecule has 3 rings (SSSR count). The summed E-state index contributed by atoms with van der Waals surface area (Å²) in [6.07, 6.45) is 4.10. The lowest BCUT2D eigenvalue weighted by molar-refractivity contribution is 0.0780. The molecule has 2 fully saturated rings. The SMILES string of the molecule is O=C(c1cc(Cl)c[nH]1)N1C[C@@H]2CCCN[C@@H]2C1. The molecule has 17 heavy (non-hydrogen) atoms. The fraction of sp³-hybridized carbons (Fsp3) is 0.583. The molecule has 2 aliphatic rings. The standard InChI is InChI=1S/C12H16ClN3O/c13-9-4-10(15-5-9)12(17)16-6-8-2-1-3-14-11(8)7-16/h4-5,8,11,14-15H,1-3,6-7H2/t8-,11+/m0/s1. The third-order valence-electron chi connectivity index (χ3n) is 3.76. The van der Waals surface area contributed by atoms with Gasteiger partial charge in [-0.25, -0.2) is 0 Å². The van der Waals surface area contributed by atoms with Crippen molar-refractivity contribution >= 4 is 17.5 Å². The van der Waals surface area contributed by atoms with E-state index in [0.29, 0.717) is 22.7 Å². The molecule has 2 aliphatic heterocycles. The van der Waals surface area contributed by atoms with Crippen LogP contribution in [0, 0.1) is 5.92 Å². The predicted molar refractivity (Wildman–Crippen MR) is 66.2 cm³/mol. The number of piperidine rings is 1. The number of likely N-dealkylation sites (tertiary alicyclic amines) is 1. The molecular weight excluding hydrogens is 238 g/mol. The van der Waals surface area contributed by atoms with Crippen LogP contribution in [0.25, 0.3) is 0 Å². The number of nitrogens with zero attached hydrogens (tertiary/aromatic N) is 1. The van der Waals surface area contributed by atoms with Crippen LogP contribution in [-0.4, -0.2) is 41.5 Å². The molecule has 0 unspecified atom stereocenters. The van der Waals surface area contributed by atoms with Gasteiger partial charge in [0, 0.05) is 25.3 Å². The molecule has 0 spiro atoms. The molecule has 0 aromatic carbocycles. The third-order valence-corrected chi connectivity index (χ3v) is 3.98. The van der Waals surface area contributed by atoms with E-state index in [1.165, 1.54) is 12.8 Å². The number of hydrogen-bond acceptors (Lipinski definition) is 2. The number of aromatic amines is 1. The summed E-state index contributed by atoms with van der Waals surface area (Å²) in [5.41, 5.74) is 0.591. The minimum Gasteiger partial charge on any atom is -0.356 e. The zero-order chi connectivity index (χ0) is 11.8. The van der Waals surface area contributed by atoms with Crippen molar-refractivity contribution in [2.75, 3.05) is 19.6 Å². The Labute approximate surface area is 105 Å².